The first kappa shape index (κ1) is 12.6. The topological polar surface area (TPSA) is 87.3 Å². The van der Waals surface area contributed by atoms with Crippen LogP contribution in [-0.2, 0) is 14.8 Å². The predicted molar refractivity (Wildman–Crippen MR) is 70.5 cm³/mol. The number of amides is 1. The second kappa shape index (κ2) is 4.29. The number of carbonyl (C=O) groups is 1. The number of carbonyl (C=O) groups excluding carboxylic acids is 1. The Hall–Kier alpha value is -1.44. The Morgan fingerprint density at radius 2 is 2.05 bits per heavy atom. The summed E-state index contributed by atoms with van der Waals surface area (Å²) in [7, 11) is -3.51. The lowest BCUT2D eigenvalue weighted by molar-refractivity contribution is -0.116. The van der Waals surface area contributed by atoms with E-state index in [1.807, 2.05) is 0 Å². The van der Waals surface area contributed by atoms with Gasteiger partial charge in [0.15, 0.2) is 0 Å². The van der Waals surface area contributed by atoms with Gasteiger partial charge in [-0.05, 0) is 30.7 Å². The molecule has 6 nitrogen and oxygen atoms in total. The molecular weight excluding hydrogens is 266 g/mol. The van der Waals surface area contributed by atoms with Gasteiger partial charge >= 0.3 is 0 Å². The summed E-state index contributed by atoms with van der Waals surface area (Å²) in [6.07, 6.45) is 0. The first-order valence-electron chi connectivity index (χ1n) is 6.15. The first-order valence-corrected chi connectivity index (χ1v) is 7.63. The molecule has 1 aromatic rings. The van der Waals surface area contributed by atoms with Gasteiger partial charge in [0.2, 0.25) is 15.9 Å². The zero-order valence-corrected chi connectivity index (χ0v) is 11.3. The lowest BCUT2D eigenvalue weighted by Gasteiger charge is -2.27. The normalized spacial score (nSPS) is 22.8. The summed E-state index contributed by atoms with van der Waals surface area (Å²) in [5.41, 5.74) is 1.43. The minimum atomic E-state index is -3.51. The predicted octanol–water partition coefficient (Wildman–Crippen LogP) is -0.00770. The van der Waals surface area contributed by atoms with E-state index in [0.29, 0.717) is 18.8 Å². The van der Waals surface area contributed by atoms with Gasteiger partial charge in [-0.2, -0.15) is 0 Å². The Kier molecular flexibility index (Phi) is 2.84. The van der Waals surface area contributed by atoms with Gasteiger partial charge in [0.05, 0.1) is 10.8 Å². The van der Waals surface area contributed by atoms with Gasteiger partial charge in [0.25, 0.3) is 0 Å². The maximum absolute atomic E-state index is 12.2. The second-order valence-corrected chi connectivity index (χ2v) is 6.65. The molecule has 2 heterocycles. The van der Waals surface area contributed by atoms with Crippen LogP contribution < -0.4 is 15.4 Å². The van der Waals surface area contributed by atoms with Crippen molar-refractivity contribution < 1.29 is 13.2 Å². The number of rotatable bonds is 3. The zero-order chi connectivity index (χ0) is 13.6. The summed E-state index contributed by atoms with van der Waals surface area (Å²) in [6, 6.07) is 4.69. The van der Waals surface area contributed by atoms with E-state index in [2.05, 4.69) is 15.4 Å². The van der Waals surface area contributed by atoms with Crippen LogP contribution in [0.2, 0.25) is 0 Å². The van der Waals surface area contributed by atoms with E-state index in [4.69, 9.17) is 0 Å². The zero-order valence-electron chi connectivity index (χ0n) is 10.4. The maximum Gasteiger partial charge on any atom is 0.240 e. The van der Waals surface area contributed by atoms with E-state index in [1.54, 1.807) is 19.1 Å². The standard InChI is InChI=1S/C12H15N3O3S/c1-7-10-4-9(2-3-11(10)14-12(7)16)19(17,18)15-8-5-13-6-8/h2-4,7-8,13,15H,5-6H2,1H3,(H,14,16). The van der Waals surface area contributed by atoms with Gasteiger partial charge < -0.3 is 10.6 Å². The van der Waals surface area contributed by atoms with E-state index < -0.39 is 10.0 Å². The SMILES string of the molecule is CC1C(=O)Nc2ccc(S(=O)(=O)NC3CNC3)cc21. The van der Waals surface area contributed by atoms with Gasteiger partial charge in [-0.15, -0.1) is 0 Å². The first-order chi connectivity index (χ1) is 8.97. The third-order valence-electron chi connectivity index (χ3n) is 3.55. The largest absolute Gasteiger partial charge is 0.325 e. The van der Waals surface area contributed by atoms with Crippen LogP contribution in [0.15, 0.2) is 23.1 Å². The molecular formula is C12H15N3O3S. The molecule has 2 aliphatic rings. The Balaban J connectivity index is 1.92. The molecule has 0 saturated carbocycles. The van der Waals surface area contributed by atoms with Gasteiger partial charge in [-0.25, -0.2) is 13.1 Å². The van der Waals surface area contributed by atoms with Crippen LogP contribution >= 0.6 is 0 Å². The number of anilines is 1. The van der Waals surface area contributed by atoms with Crippen LogP contribution in [-0.4, -0.2) is 33.5 Å². The van der Waals surface area contributed by atoms with E-state index >= 15 is 0 Å². The molecule has 102 valence electrons. The van der Waals surface area contributed by atoms with Crippen LogP contribution in [0.5, 0.6) is 0 Å². The molecule has 1 unspecified atom stereocenters. The van der Waals surface area contributed by atoms with E-state index in [1.165, 1.54) is 6.07 Å². The van der Waals surface area contributed by atoms with Crippen molar-refractivity contribution in [3.05, 3.63) is 23.8 Å². The molecule has 19 heavy (non-hydrogen) atoms. The van der Waals surface area contributed by atoms with Gasteiger partial charge in [-0.3, -0.25) is 4.79 Å². The fourth-order valence-electron chi connectivity index (χ4n) is 2.22. The van der Waals surface area contributed by atoms with Gasteiger partial charge in [-0.1, -0.05) is 0 Å². The highest BCUT2D eigenvalue weighted by Crippen LogP contribution is 2.33. The van der Waals surface area contributed by atoms with E-state index in [-0.39, 0.29) is 22.8 Å². The molecule has 1 atom stereocenters. The number of benzene rings is 1. The molecule has 3 N–H and O–H groups in total. The van der Waals surface area contributed by atoms with Crippen molar-refractivity contribution in [1.82, 2.24) is 10.0 Å². The highest BCUT2D eigenvalue weighted by molar-refractivity contribution is 7.89. The summed E-state index contributed by atoms with van der Waals surface area (Å²) >= 11 is 0. The quantitative estimate of drug-likeness (QED) is 0.727. The van der Waals surface area contributed by atoms with Crippen molar-refractivity contribution in [3.8, 4) is 0 Å². The Morgan fingerprint density at radius 1 is 1.32 bits per heavy atom. The van der Waals surface area contributed by atoms with E-state index in [9.17, 15) is 13.2 Å². The monoisotopic (exact) mass is 281 g/mol. The van der Waals surface area contributed by atoms with Crippen LogP contribution in [0.1, 0.15) is 18.4 Å². The Labute approximate surface area is 111 Å². The average Bonchev–Trinajstić information content (AvgIpc) is 2.60. The van der Waals surface area contributed by atoms with Gasteiger partial charge in [0.1, 0.15) is 0 Å². The van der Waals surface area contributed by atoms with Crippen LogP contribution in [0.3, 0.4) is 0 Å². The summed E-state index contributed by atoms with van der Waals surface area (Å²) < 4.78 is 27.0. The molecule has 0 radical (unpaired) electrons. The lowest BCUT2D eigenvalue weighted by Crippen LogP contribution is -2.56. The smallest absolute Gasteiger partial charge is 0.240 e. The number of hydrogen-bond acceptors (Lipinski definition) is 4. The molecule has 1 fully saturated rings. The van der Waals surface area contributed by atoms with Gasteiger partial charge in [0, 0.05) is 24.8 Å². The summed E-state index contributed by atoms with van der Waals surface area (Å²) in [4.78, 5) is 11.8. The van der Waals surface area contributed by atoms with Crippen LogP contribution in [0.4, 0.5) is 5.69 Å². The summed E-state index contributed by atoms with van der Waals surface area (Å²) in [6.45, 7) is 3.07. The summed E-state index contributed by atoms with van der Waals surface area (Å²) in [5, 5.41) is 5.73. The Bertz CT molecular complexity index is 638. The fourth-order valence-corrected chi connectivity index (χ4v) is 3.49. The molecule has 1 saturated heterocycles. The van der Waals surface area contributed by atoms with Crippen LogP contribution in [0, 0.1) is 0 Å². The molecule has 3 rings (SSSR count). The number of hydrogen-bond donors (Lipinski definition) is 3. The van der Waals surface area contributed by atoms with Crippen molar-refractivity contribution in [2.45, 2.75) is 23.8 Å². The molecule has 0 bridgehead atoms. The molecule has 7 heteroatoms. The molecule has 0 aromatic heterocycles. The van der Waals surface area contributed by atoms with Crippen molar-refractivity contribution in [3.63, 3.8) is 0 Å². The molecule has 1 aromatic carbocycles. The minimum absolute atomic E-state index is 0.0459. The molecule has 2 aliphatic heterocycles. The number of nitrogens with one attached hydrogen (secondary N) is 3. The van der Waals surface area contributed by atoms with Crippen molar-refractivity contribution in [2.24, 2.45) is 0 Å². The van der Waals surface area contributed by atoms with E-state index in [0.717, 1.165) is 5.56 Å². The summed E-state index contributed by atoms with van der Waals surface area (Å²) in [5.74, 6) is -0.406. The Morgan fingerprint density at radius 3 is 2.68 bits per heavy atom. The fraction of sp³-hybridized carbons (Fsp3) is 0.417. The number of fused-ring (bicyclic) bond motifs is 1. The third-order valence-corrected chi connectivity index (χ3v) is 5.07. The molecule has 1 amide bonds. The average molecular weight is 281 g/mol. The number of sulfonamides is 1. The van der Waals surface area contributed by atoms with Crippen molar-refractivity contribution >= 4 is 21.6 Å². The molecule has 0 spiro atoms. The van der Waals surface area contributed by atoms with Crippen molar-refractivity contribution in [1.29, 1.82) is 0 Å². The van der Waals surface area contributed by atoms with Crippen LogP contribution in [0.25, 0.3) is 0 Å². The highest BCUT2D eigenvalue weighted by atomic mass is 32.2. The van der Waals surface area contributed by atoms with Crippen molar-refractivity contribution in [2.75, 3.05) is 18.4 Å². The maximum atomic E-state index is 12.2. The highest BCUT2D eigenvalue weighted by Gasteiger charge is 2.29. The lowest BCUT2D eigenvalue weighted by atomic mass is 10.0. The third kappa shape index (κ3) is 2.13. The molecule has 0 aliphatic carbocycles. The minimum Gasteiger partial charge on any atom is -0.325 e. The second-order valence-electron chi connectivity index (χ2n) is 4.94.